The third-order valence-electron chi connectivity index (χ3n) is 5.90. The fourth-order valence-electron chi connectivity index (χ4n) is 4.88. The van der Waals surface area contributed by atoms with E-state index >= 15 is 0 Å². The second-order valence-corrected chi connectivity index (χ2v) is 7.26. The molecule has 1 aromatic carbocycles. The van der Waals surface area contributed by atoms with Crippen molar-refractivity contribution in [3.05, 3.63) is 34.9 Å². The van der Waals surface area contributed by atoms with Crippen molar-refractivity contribution in [1.29, 1.82) is 0 Å². The first-order chi connectivity index (χ1) is 10.3. The highest BCUT2D eigenvalue weighted by Gasteiger charge is 2.37. The van der Waals surface area contributed by atoms with Crippen LogP contribution >= 0.6 is 0 Å². The van der Waals surface area contributed by atoms with Gasteiger partial charge in [0.15, 0.2) is 0 Å². The number of piperidine rings is 1. The lowest BCUT2D eigenvalue weighted by Crippen LogP contribution is -2.51. The van der Waals surface area contributed by atoms with Gasteiger partial charge in [-0.05, 0) is 69.7 Å². The highest BCUT2D eigenvalue weighted by molar-refractivity contribution is 5.38. The fourth-order valence-corrected chi connectivity index (χ4v) is 4.88. The van der Waals surface area contributed by atoms with Crippen molar-refractivity contribution in [3.63, 3.8) is 0 Å². The highest BCUT2D eigenvalue weighted by atomic mass is 15.2. The van der Waals surface area contributed by atoms with Crippen molar-refractivity contribution in [2.24, 2.45) is 0 Å². The minimum atomic E-state index is 0.688. The summed E-state index contributed by atoms with van der Waals surface area (Å²) < 4.78 is 0. The summed E-state index contributed by atoms with van der Waals surface area (Å²) in [6.07, 6.45) is 9.58. The van der Waals surface area contributed by atoms with Gasteiger partial charge in [-0.25, -0.2) is 0 Å². The monoisotopic (exact) mass is 284 g/mol. The third kappa shape index (κ3) is 2.53. The van der Waals surface area contributed by atoms with E-state index in [0.29, 0.717) is 6.04 Å². The van der Waals surface area contributed by atoms with Crippen molar-refractivity contribution in [2.75, 3.05) is 13.1 Å². The van der Waals surface area contributed by atoms with E-state index < -0.39 is 0 Å². The predicted octanol–water partition coefficient (Wildman–Crippen LogP) is 3.59. The van der Waals surface area contributed by atoms with Gasteiger partial charge in [-0.3, -0.25) is 4.90 Å². The Morgan fingerprint density at radius 3 is 2.90 bits per heavy atom. The van der Waals surface area contributed by atoms with Crippen LogP contribution in [0.4, 0.5) is 0 Å². The van der Waals surface area contributed by atoms with Crippen LogP contribution in [0.2, 0.25) is 0 Å². The molecule has 3 aliphatic rings. The summed E-state index contributed by atoms with van der Waals surface area (Å²) in [5, 5.41) is 3.77. The summed E-state index contributed by atoms with van der Waals surface area (Å²) in [6.45, 7) is 4.78. The van der Waals surface area contributed by atoms with Crippen LogP contribution in [0.25, 0.3) is 0 Å². The number of nitrogens with zero attached hydrogens (tertiary/aromatic N) is 1. The van der Waals surface area contributed by atoms with E-state index in [1.807, 2.05) is 0 Å². The highest BCUT2D eigenvalue weighted by Crippen LogP contribution is 2.40. The smallest absolute Gasteiger partial charge is 0.0357 e. The number of rotatable bonds is 2. The van der Waals surface area contributed by atoms with E-state index in [1.54, 1.807) is 11.1 Å². The molecule has 0 spiro atoms. The molecule has 1 aliphatic carbocycles. The average molecular weight is 284 g/mol. The third-order valence-corrected chi connectivity index (χ3v) is 5.90. The van der Waals surface area contributed by atoms with Crippen LogP contribution in [0.3, 0.4) is 0 Å². The second kappa shape index (κ2) is 5.73. The molecule has 0 aromatic heterocycles. The van der Waals surface area contributed by atoms with Crippen LogP contribution in [-0.4, -0.2) is 30.1 Å². The molecule has 21 heavy (non-hydrogen) atoms. The van der Waals surface area contributed by atoms with Gasteiger partial charge >= 0.3 is 0 Å². The maximum absolute atomic E-state index is 3.77. The fraction of sp³-hybridized carbons (Fsp3) is 0.684. The predicted molar refractivity (Wildman–Crippen MR) is 87.6 cm³/mol. The number of likely N-dealkylation sites (tertiary alicyclic amines) is 1. The standard InChI is InChI=1S/C19H28N2/c1-14-7-8-15-9-10-18(16(15)13-14)21-12-3-2-6-19(21)17-5-4-11-20-17/h7-8,13,17-20H,2-6,9-12H2,1H3. The zero-order chi connectivity index (χ0) is 14.2. The number of aryl methyl sites for hydroxylation is 2. The van der Waals surface area contributed by atoms with E-state index in [0.717, 1.165) is 12.1 Å². The molecule has 2 fully saturated rings. The van der Waals surface area contributed by atoms with E-state index in [9.17, 15) is 0 Å². The Labute approximate surface area is 128 Å². The molecule has 0 radical (unpaired) electrons. The van der Waals surface area contributed by atoms with Crippen molar-refractivity contribution in [1.82, 2.24) is 10.2 Å². The Bertz CT molecular complexity index is 504. The molecule has 1 aromatic rings. The van der Waals surface area contributed by atoms with Gasteiger partial charge in [0.2, 0.25) is 0 Å². The van der Waals surface area contributed by atoms with Crippen molar-refractivity contribution >= 4 is 0 Å². The molecule has 3 unspecified atom stereocenters. The van der Waals surface area contributed by atoms with Crippen LogP contribution in [0.5, 0.6) is 0 Å². The second-order valence-electron chi connectivity index (χ2n) is 7.26. The summed E-state index contributed by atoms with van der Waals surface area (Å²) in [6, 6.07) is 9.33. The Kier molecular flexibility index (Phi) is 3.76. The molecule has 0 bridgehead atoms. The molecule has 0 saturated carbocycles. The van der Waals surface area contributed by atoms with Crippen LogP contribution in [0.1, 0.15) is 61.3 Å². The van der Waals surface area contributed by atoms with Crippen LogP contribution in [0, 0.1) is 6.92 Å². The molecule has 2 heteroatoms. The topological polar surface area (TPSA) is 15.3 Å². The zero-order valence-electron chi connectivity index (χ0n) is 13.3. The summed E-state index contributed by atoms with van der Waals surface area (Å²) >= 11 is 0. The first-order valence-corrected chi connectivity index (χ1v) is 8.91. The van der Waals surface area contributed by atoms with Crippen LogP contribution < -0.4 is 5.32 Å². The van der Waals surface area contributed by atoms with E-state index in [4.69, 9.17) is 0 Å². The summed E-state index contributed by atoms with van der Waals surface area (Å²) in [5.74, 6) is 0. The van der Waals surface area contributed by atoms with Gasteiger partial charge in [0.05, 0.1) is 0 Å². The summed E-state index contributed by atoms with van der Waals surface area (Å²) in [4.78, 5) is 2.87. The van der Waals surface area contributed by atoms with E-state index in [1.165, 1.54) is 63.6 Å². The first kappa shape index (κ1) is 13.8. The molecule has 1 N–H and O–H groups in total. The van der Waals surface area contributed by atoms with Crippen molar-refractivity contribution in [2.45, 2.75) is 70.0 Å². The number of benzene rings is 1. The van der Waals surface area contributed by atoms with Gasteiger partial charge in [0.1, 0.15) is 0 Å². The quantitative estimate of drug-likeness (QED) is 0.893. The van der Waals surface area contributed by atoms with Gasteiger partial charge in [-0.15, -0.1) is 0 Å². The van der Waals surface area contributed by atoms with Crippen LogP contribution in [0.15, 0.2) is 18.2 Å². The molecule has 2 aliphatic heterocycles. The Morgan fingerprint density at radius 2 is 2.05 bits per heavy atom. The Balaban J connectivity index is 1.61. The van der Waals surface area contributed by atoms with E-state index in [2.05, 4.69) is 35.3 Å². The lowest BCUT2D eigenvalue weighted by atomic mass is 9.91. The van der Waals surface area contributed by atoms with Gasteiger partial charge in [0.25, 0.3) is 0 Å². The number of hydrogen-bond donors (Lipinski definition) is 1. The van der Waals surface area contributed by atoms with Gasteiger partial charge in [-0.2, -0.15) is 0 Å². The van der Waals surface area contributed by atoms with Crippen molar-refractivity contribution in [3.8, 4) is 0 Å². The minimum absolute atomic E-state index is 0.688. The SMILES string of the molecule is Cc1ccc2c(c1)C(N1CCCCC1C1CCCN1)CC2. The lowest BCUT2D eigenvalue weighted by molar-refractivity contribution is 0.0728. The Morgan fingerprint density at radius 1 is 1.10 bits per heavy atom. The molecule has 4 rings (SSSR count). The number of fused-ring (bicyclic) bond motifs is 1. The summed E-state index contributed by atoms with van der Waals surface area (Å²) in [7, 11) is 0. The molecule has 3 atom stereocenters. The molecular weight excluding hydrogens is 256 g/mol. The maximum atomic E-state index is 3.77. The summed E-state index contributed by atoms with van der Waals surface area (Å²) in [5.41, 5.74) is 4.67. The van der Waals surface area contributed by atoms with E-state index in [-0.39, 0.29) is 0 Å². The number of hydrogen-bond acceptors (Lipinski definition) is 2. The normalized spacial score (nSPS) is 33.3. The molecule has 114 valence electrons. The minimum Gasteiger partial charge on any atom is -0.312 e. The van der Waals surface area contributed by atoms with Crippen LogP contribution in [-0.2, 0) is 6.42 Å². The Hall–Kier alpha value is -0.860. The largest absolute Gasteiger partial charge is 0.312 e. The molecular formula is C19H28N2. The van der Waals surface area contributed by atoms with Gasteiger partial charge < -0.3 is 5.32 Å². The van der Waals surface area contributed by atoms with Gasteiger partial charge in [-0.1, -0.05) is 30.2 Å². The zero-order valence-corrected chi connectivity index (χ0v) is 13.3. The first-order valence-electron chi connectivity index (χ1n) is 8.91. The molecule has 2 nitrogen and oxygen atoms in total. The molecule has 2 saturated heterocycles. The maximum Gasteiger partial charge on any atom is 0.0357 e. The molecule has 0 amide bonds. The number of nitrogens with one attached hydrogen (secondary N) is 1. The molecule has 2 heterocycles. The van der Waals surface area contributed by atoms with Crippen molar-refractivity contribution < 1.29 is 0 Å². The lowest BCUT2D eigenvalue weighted by Gasteiger charge is -2.43. The van der Waals surface area contributed by atoms with Gasteiger partial charge in [0, 0.05) is 18.1 Å². The average Bonchev–Trinajstić information content (AvgIpc) is 3.16.